The highest BCUT2D eigenvalue weighted by Gasteiger charge is 2.42. The maximum Gasteiger partial charge on any atom is 0.471 e. The van der Waals surface area contributed by atoms with E-state index in [1.54, 1.807) is 0 Å². The van der Waals surface area contributed by atoms with Crippen molar-refractivity contribution in [3.05, 3.63) is 34.9 Å². The van der Waals surface area contributed by atoms with Crippen molar-refractivity contribution in [1.82, 2.24) is 15.1 Å². The molecule has 10 heteroatoms. The SMILES string of the molecule is O=C(c1ccc2c(c1)C(=O)N(C1CCCCC1)C2=O)N1CCC(NC(=O)C(F)(F)F)CC1. The first kappa shape index (κ1) is 22.3. The first-order chi connectivity index (χ1) is 15.2. The van der Waals surface area contributed by atoms with Gasteiger partial charge in [0.1, 0.15) is 0 Å². The van der Waals surface area contributed by atoms with Gasteiger partial charge < -0.3 is 10.2 Å². The first-order valence-electron chi connectivity index (χ1n) is 10.9. The third-order valence-corrected chi connectivity index (χ3v) is 6.48. The lowest BCUT2D eigenvalue weighted by Crippen LogP contribution is -2.49. The average molecular weight is 451 g/mol. The molecule has 32 heavy (non-hydrogen) atoms. The molecule has 1 aliphatic carbocycles. The van der Waals surface area contributed by atoms with Gasteiger partial charge in [-0.1, -0.05) is 19.3 Å². The van der Waals surface area contributed by atoms with Gasteiger partial charge in [0.25, 0.3) is 17.7 Å². The van der Waals surface area contributed by atoms with E-state index in [1.165, 1.54) is 28.0 Å². The summed E-state index contributed by atoms with van der Waals surface area (Å²) in [7, 11) is 0. The zero-order chi connectivity index (χ0) is 23.0. The predicted molar refractivity (Wildman–Crippen MR) is 107 cm³/mol. The molecule has 1 aromatic rings. The van der Waals surface area contributed by atoms with Crippen LogP contribution in [0.2, 0.25) is 0 Å². The molecule has 4 amide bonds. The van der Waals surface area contributed by atoms with Crippen LogP contribution in [0.25, 0.3) is 0 Å². The van der Waals surface area contributed by atoms with Crippen LogP contribution in [0.3, 0.4) is 0 Å². The maximum atomic E-state index is 12.9. The molecule has 0 atom stereocenters. The number of hydrogen-bond acceptors (Lipinski definition) is 4. The third-order valence-electron chi connectivity index (χ3n) is 6.48. The number of rotatable bonds is 3. The number of halogens is 3. The van der Waals surface area contributed by atoms with Crippen LogP contribution >= 0.6 is 0 Å². The lowest BCUT2D eigenvalue weighted by Gasteiger charge is -2.32. The molecule has 1 saturated carbocycles. The van der Waals surface area contributed by atoms with Crippen LogP contribution in [0, 0.1) is 0 Å². The van der Waals surface area contributed by atoms with Gasteiger partial charge in [-0.2, -0.15) is 13.2 Å². The van der Waals surface area contributed by atoms with Crippen molar-refractivity contribution in [2.24, 2.45) is 0 Å². The number of piperidine rings is 1. The van der Waals surface area contributed by atoms with Crippen molar-refractivity contribution in [3.63, 3.8) is 0 Å². The van der Waals surface area contributed by atoms with E-state index in [0.29, 0.717) is 5.56 Å². The Kier molecular flexibility index (Phi) is 5.96. The average Bonchev–Trinajstić information content (AvgIpc) is 3.03. The molecule has 0 spiro atoms. The van der Waals surface area contributed by atoms with Crippen LogP contribution in [0.15, 0.2) is 18.2 Å². The number of carbonyl (C=O) groups is 4. The van der Waals surface area contributed by atoms with Gasteiger partial charge in [-0.25, -0.2) is 0 Å². The Balaban J connectivity index is 1.42. The summed E-state index contributed by atoms with van der Waals surface area (Å²) in [6.07, 6.45) is 0.0784. The van der Waals surface area contributed by atoms with Crippen LogP contribution in [0.5, 0.6) is 0 Å². The van der Waals surface area contributed by atoms with E-state index in [2.05, 4.69) is 0 Å². The minimum Gasteiger partial charge on any atom is -0.345 e. The number of amides is 4. The van der Waals surface area contributed by atoms with Crippen LogP contribution in [0.1, 0.15) is 76.0 Å². The number of nitrogens with one attached hydrogen (secondary N) is 1. The van der Waals surface area contributed by atoms with Crippen molar-refractivity contribution in [3.8, 4) is 0 Å². The largest absolute Gasteiger partial charge is 0.471 e. The summed E-state index contributed by atoms with van der Waals surface area (Å²) in [4.78, 5) is 52.5. The lowest BCUT2D eigenvalue weighted by atomic mass is 9.94. The molecule has 2 heterocycles. The zero-order valence-electron chi connectivity index (χ0n) is 17.4. The van der Waals surface area contributed by atoms with E-state index in [4.69, 9.17) is 0 Å². The first-order valence-corrected chi connectivity index (χ1v) is 10.9. The molecule has 1 aromatic carbocycles. The van der Waals surface area contributed by atoms with E-state index in [0.717, 1.165) is 32.1 Å². The van der Waals surface area contributed by atoms with Gasteiger partial charge in [0.15, 0.2) is 0 Å². The maximum absolute atomic E-state index is 12.9. The Morgan fingerprint density at radius 3 is 2.16 bits per heavy atom. The molecule has 2 fully saturated rings. The van der Waals surface area contributed by atoms with Crippen LogP contribution in [0.4, 0.5) is 13.2 Å². The number of benzene rings is 1. The van der Waals surface area contributed by atoms with Gasteiger partial charge in [-0.05, 0) is 43.9 Å². The summed E-state index contributed by atoms with van der Waals surface area (Å²) >= 11 is 0. The molecule has 0 radical (unpaired) electrons. The Morgan fingerprint density at radius 2 is 1.53 bits per heavy atom. The van der Waals surface area contributed by atoms with Crippen LogP contribution in [-0.4, -0.2) is 64.8 Å². The van der Waals surface area contributed by atoms with Crippen molar-refractivity contribution in [2.75, 3.05) is 13.1 Å². The number of carbonyl (C=O) groups excluding carboxylic acids is 4. The summed E-state index contributed by atoms with van der Waals surface area (Å²) in [6.45, 7) is 0.361. The van der Waals surface area contributed by atoms with Gasteiger partial charge in [0.05, 0.1) is 11.1 Å². The fraction of sp³-hybridized carbons (Fsp3) is 0.545. The molecule has 172 valence electrons. The number of alkyl halides is 3. The predicted octanol–water partition coefficient (Wildman–Crippen LogP) is 2.90. The minimum atomic E-state index is -4.94. The summed E-state index contributed by atoms with van der Waals surface area (Å²) < 4.78 is 37.2. The van der Waals surface area contributed by atoms with Crippen molar-refractivity contribution < 1.29 is 32.3 Å². The number of imide groups is 1. The number of likely N-dealkylation sites (tertiary alicyclic amines) is 1. The number of fused-ring (bicyclic) bond motifs is 1. The van der Waals surface area contributed by atoms with Crippen LogP contribution < -0.4 is 5.32 Å². The Labute approximate surface area is 182 Å². The molecule has 4 rings (SSSR count). The van der Waals surface area contributed by atoms with E-state index in [9.17, 15) is 32.3 Å². The Bertz CT molecular complexity index is 948. The second kappa shape index (κ2) is 8.55. The molecular formula is C22H24F3N3O4. The molecular weight excluding hydrogens is 427 g/mol. The van der Waals surface area contributed by atoms with E-state index in [-0.39, 0.29) is 60.8 Å². The summed E-state index contributed by atoms with van der Waals surface area (Å²) in [5, 5.41) is 1.95. The normalized spacial score (nSPS) is 20.5. The van der Waals surface area contributed by atoms with Gasteiger partial charge in [-0.15, -0.1) is 0 Å². The molecule has 1 saturated heterocycles. The van der Waals surface area contributed by atoms with E-state index in [1.807, 2.05) is 5.32 Å². The number of nitrogens with zero attached hydrogens (tertiary/aromatic N) is 2. The van der Waals surface area contributed by atoms with Gasteiger partial charge in [0, 0.05) is 30.7 Å². The van der Waals surface area contributed by atoms with Crippen LogP contribution in [-0.2, 0) is 4.79 Å². The quantitative estimate of drug-likeness (QED) is 0.716. The molecule has 0 bridgehead atoms. The highest BCUT2D eigenvalue weighted by Crippen LogP contribution is 2.32. The van der Waals surface area contributed by atoms with Crippen molar-refractivity contribution in [1.29, 1.82) is 0 Å². The molecule has 1 N–H and O–H groups in total. The van der Waals surface area contributed by atoms with E-state index < -0.39 is 18.1 Å². The second-order valence-corrected chi connectivity index (χ2v) is 8.57. The fourth-order valence-electron chi connectivity index (χ4n) is 4.74. The molecule has 0 aromatic heterocycles. The summed E-state index contributed by atoms with van der Waals surface area (Å²) in [5.41, 5.74) is 0.776. The monoisotopic (exact) mass is 451 g/mol. The fourth-order valence-corrected chi connectivity index (χ4v) is 4.74. The van der Waals surface area contributed by atoms with Crippen molar-refractivity contribution >= 4 is 23.6 Å². The third kappa shape index (κ3) is 4.22. The Morgan fingerprint density at radius 1 is 0.906 bits per heavy atom. The number of hydrogen-bond donors (Lipinski definition) is 1. The van der Waals surface area contributed by atoms with Gasteiger partial charge >= 0.3 is 12.1 Å². The second-order valence-electron chi connectivity index (χ2n) is 8.57. The molecule has 2 aliphatic heterocycles. The molecule has 0 unspecified atom stereocenters. The topological polar surface area (TPSA) is 86.8 Å². The summed E-state index contributed by atoms with van der Waals surface area (Å²) in [5.74, 6) is -3.03. The van der Waals surface area contributed by atoms with Gasteiger partial charge in [0.2, 0.25) is 0 Å². The molecule has 3 aliphatic rings. The van der Waals surface area contributed by atoms with Crippen molar-refractivity contribution in [2.45, 2.75) is 63.2 Å². The lowest BCUT2D eigenvalue weighted by molar-refractivity contribution is -0.174. The highest BCUT2D eigenvalue weighted by molar-refractivity contribution is 6.22. The highest BCUT2D eigenvalue weighted by atomic mass is 19.4. The molecule has 7 nitrogen and oxygen atoms in total. The van der Waals surface area contributed by atoms with E-state index >= 15 is 0 Å². The smallest absolute Gasteiger partial charge is 0.345 e. The summed E-state index contributed by atoms with van der Waals surface area (Å²) in [6, 6.07) is 3.69. The Hall–Kier alpha value is -2.91. The standard InChI is InChI=1S/C22H24F3N3O4/c23-22(24,25)21(32)26-14-8-10-27(11-9-14)18(29)13-6-7-16-17(12-13)20(31)28(19(16)30)15-4-2-1-3-5-15/h6-7,12,14-15H,1-5,8-11H2,(H,26,32). The van der Waals surface area contributed by atoms with Gasteiger partial charge in [-0.3, -0.25) is 24.1 Å². The minimum absolute atomic E-state index is 0.110. The zero-order valence-corrected chi connectivity index (χ0v) is 17.4.